The molecule has 1 N–H and O–H groups in total. The lowest BCUT2D eigenvalue weighted by Gasteiger charge is -2.10. The predicted octanol–water partition coefficient (Wildman–Crippen LogP) is 1.29. The smallest absolute Gasteiger partial charge is 0.359 e. The first kappa shape index (κ1) is 16.4. The molecule has 0 saturated heterocycles. The minimum absolute atomic E-state index is 0.0250. The fourth-order valence-electron chi connectivity index (χ4n) is 2.36. The molecule has 25 heavy (non-hydrogen) atoms. The van der Waals surface area contributed by atoms with Crippen molar-refractivity contribution in [3.8, 4) is 5.69 Å². The van der Waals surface area contributed by atoms with E-state index in [2.05, 4.69) is 10.4 Å². The summed E-state index contributed by atoms with van der Waals surface area (Å²) in [5, 5.41) is 7.25. The molecule has 1 heterocycles. The van der Waals surface area contributed by atoms with Crippen molar-refractivity contribution >= 4 is 22.6 Å². The summed E-state index contributed by atoms with van der Waals surface area (Å²) in [4.78, 5) is 36.4. The number of aromatic nitrogens is 2. The zero-order valence-corrected chi connectivity index (χ0v) is 13.4. The van der Waals surface area contributed by atoms with E-state index in [1.165, 1.54) is 7.05 Å². The number of carbonyl (C=O) groups excluding carboxylic acids is 2. The van der Waals surface area contributed by atoms with Crippen molar-refractivity contribution in [1.82, 2.24) is 15.1 Å². The maximum Gasteiger partial charge on any atom is 0.359 e. The molecular weight excluding hydrogens is 322 g/mol. The average Bonchev–Trinajstić information content (AvgIpc) is 2.67. The van der Waals surface area contributed by atoms with E-state index in [9.17, 15) is 14.4 Å². The topological polar surface area (TPSA) is 90.3 Å². The van der Waals surface area contributed by atoms with Crippen LogP contribution in [0.25, 0.3) is 16.5 Å². The second-order valence-electron chi connectivity index (χ2n) is 5.20. The lowest BCUT2D eigenvalue weighted by molar-refractivity contribution is -0.123. The number of esters is 1. The summed E-state index contributed by atoms with van der Waals surface area (Å²) < 4.78 is 6.14. The zero-order valence-electron chi connectivity index (χ0n) is 13.4. The average molecular weight is 337 g/mol. The quantitative estimate of drug-likeness (QED) is 0.725. The van der Waals surface area contributed by atoms with Crippen LogP contribution < -0.4 is 10.9 Å². The Morgan fingerprint density at radius 2 is 1.68 bits per heavy atom. The van der Waals surface area contributed by atoms with Gasteiger partial charge < -0.3 is 10.1 Å². The van der Waals surface area contributed by atoms with Crippen LogP contribution in [0.2, 0.25) is 0 Å². The first-order chi connectivity index (χ1) is 12.1. The van der Waals surface area contributed by atoms with Crippen LogP contribution in [-0.2, 0) is 9.53 Å². The number of hydrogen-bond donors (Lipinski definition) is 1. The number of amides is 1. The summed E-state index contributed by atoms with van der Waals surface area (Å²) in [6, 6.07) is 15.4. The van der Waals surface area contributed by atoms with Gasteiger partial charge in [-0.25, -0.2) is 4.79 Å². The van der Waals surface area contributed by atoms with Crippen molar-refractivity contribution in [2.75, 3.05) is 13.7 Å². The number of ether oxygens (including phenoxy) is 1. The molecule has 3 aromatic rings. The van der Waals surface area contributed by atoms with Crippen molar-refractivity contribution < 1.29 is 14.3 Å². The summed E-state index contributed by atoms with van der Waals surface area (Å²) >= 11 is 0. The van der Waals surface area contributed by atoms with Gasteiger partial charge in [-0.3, -0.25) is 9.59 Å². The van der Waals surface area contributed by atoms with Gasteiger partial charge >= 0.3 is 5.97 Å². The van der Waals surface area contributed by atoms with Gasteiger partial charge in [0.2, 0.25) is 0 Å². The van der Waals surface area contributed by atoms with Crippen LogP contribution in [0.4, 0.5) is 0 Å². The van der Waals surface area contributed by atoms with Crippen LogP contribution in [0.5, 0.6) is 0 Å². The molecular formula is C18H15N3O4. The lowest BCUT2D eigenvalue weighted by atomic mass is 10.1. The van der Waals surface area contributed by atoms with Gasteiger partial charge in [-0.15, -0.1) is 0 Å². The highest BCUT2D eigenvalue weighted by Gasteiger charge is 2.19. The van der Waals surface area contributed by atoms with Gasteiger partial charge in [0.15, 0.2) is 12.3 Å². The Labute approximate surface area is 142 Å². The largest absolute Gasteiger partial charge is 0.451 e. The Kier molecular flexibility index (Phi) is 4.56. The monoisotopic (exact) mass is 337 g/mol. The van der Waals surface area contributed by atoms with E-state index in [-0.39, 0.29) is 11.3 Å². The second-order valence-corrected chi connectivity index (χ2v) is 5.20. The number of rotatable bonds is 4. The number of benzene rings is 2. The summed E-state index contributed by atoms with van der Waals surface area (Å²) in [5.41, 5.74) is 0.159. The van der Waals surface area contributed by atoms with E-state index in [1.807, 2.05) is 6.07 Å². The van der Waals surface area contributed by atoms with E-state index >= 15 is 0 Å². The SMILES string of the molecule is CNC(=O)COC(=O)c1nn(-c2ccccc2)c(=O)c2ccccc12. The molecule has 7 nitrogen and oxygen atoms in total. The fraction of sp³-hybridized carbons (Fsp3) is 0.111. The number of para-hydroxylation sites is 1. The highest BCUT2D eigenvalue weighted by Crippen LogP contribution is 2.16. The molecule has 7 heteroatoms. The third-order valence-electron chi connectivity index (χ3n) is 3.61. The van der Waals surface area contributed by atoms with Crippen LogP contribution in [0.1, 0.15) is 10.5 Å². The Bertz CT molecular complexity index is 996. The van der Waals surface area contributed by atoms with Crippen molar-refractivity contribution in [3.05, 3.63) is 70.6 Å². The maximum atomic E-state index is 12.7. The number of carbonyl (C=O) groups is 2. The van der Waals surface area contributed by atoms with Gasteiger partial charge in [-0.1, -0.05) is 36.4 Å². The molecule has 0 aliphatic rings. The minimum atomic E-state index is -0.774. The van der Waals surface area contributed by atoms with E-state index in [1.54, 1.807) is 48.5 Å². The summed E-state index contributed by atoms with van der Waals surface area (Å²) in [6.45, 7) is -0.421. The number of hydrogen-bond acceptors (Lipinski definition) is 5. The van der Waals surface area contributed by atoms with Gasteiger partial charge in [-0.05, 0) is 18.2 Å². The molecule has 3 rings (SSSR count). The van der Waals surface area contributed by atoms with E-state index in [0.29, 0.717) is 16.5 Å². The van der Waals surface area contributed by atoms with E-state index in [4.69, 9.17) is 4.74 Å². The van der Waals surface area contributed by atoms with Gasteiger partial charge in [0.1, 0.15) is 0 Å². The van der Waals surface area contributed by atoms with Crippen LogP contribution >= 0.6 is 0 Å². The summed E-state index contributed by atoms with van der Waals surface area (Å²) in [5.74, 6) is -1.21. The molecule has 2 aromatic carbocycles. The number of likely N-dealkylation sites (N-methyl/N-ethyl adjacent to an activating group) is 1. The van der Waals surface area contributed by atoms with Crippen molar-refractivity contribution in [2.24, 2.45) is 0 Å². The Morgan fingerprint density at radius 3 is 2.36 bits per heavy atom. The predicted molar refractivity (Wildman–Crippen MR) is 91.7 cm³/mol. The van der Waals surface area contributed by atoms with Gasteiger partial charge in [0, 0.05) is 12.4 Å². The molecule has 0 atom stereocenters. The molecule has 0 unspecified atom stereocenters. The van der Waals surface area contributed by atoms with Crippen LogP contribution in [0.15, 0.2) is 59.4 Å². The summed E-state index contributed by atoms with van der Waals surface area (Å²) in [7, 11) is 1.44. The first-order valence-corrected chi connectivity index (χ1v) is 7.57. The third kappa shape index (κ3) is 3.25. The Morgan fingerprint density at radius 1 is 1.04 bits per heavy atom. The number of nitrogens with zero attached hydrogens (tertiary/aromatic N) is 2. The molecule has 0 saturated carbocycles. The van der Waals surface area contributed by atoms with Crippen LogP contribution in [0, 0.1) is 0 Å². The van der Waals surface area contributed by atoms with Crippen molar-refractivity contribution in [3.63, 3.8) is 0 Å². The maximum absolute atomic E-state index is 12.7. The van der Waals surface area contributed by atoms with Crippen LogP contribution in [0.3, 0.4) is 0 Å². The molecule has 0 aliphatic carbocycles. The summed E-state index contributed by atoms with van der Waals surface area (Å²) in [6.07, 6.45) is 0. The molecule has 0 bridgehead atoms. The van der Waals surface area contributed by atoms with Crippen molar-refractivity contribution in [1.29, 1.82) is 0 Å². The minimum Gasteiger partial charge on any atom is -0.451 e. The molecule has 1 amide bonds. The second kappa shape index (κ2) is 6.96. The molecule has 126 valence electrons. The van der Waals surface area contributed by atoms with Gasteiger partial charge in [0.25, 0.3) is 11.5 Å². The first-order valence-electron chi connectivity index (χ1n) is 7.57. The molecule has 0 radical (unpaired) electrons. The van der Waals surface area contributed by atoms with Crippen LogP contribution in [-0.4, -0.2) is 35.3 Å². The normalized spacial score (nSPS) is 10.4. The molecule has 1 aromatic heterocycles. The highest BCUT2D eigenvalue weighted by atomic mass is 16.5. The highest BCUT2D eigenvalue weighted by molar-refractivity contribution is 6.02. The standard InChI is InChI=1S/C18H15N3O4/c1-19-15(22)11-25-18(24)16-13-9-5-6-10-14(13)17(23)21(20-16)12-7-3-2-4-8-12/h2-10H,11H2,1H3,(H,19,22). The zero-order chi connectivity index (χ0) is 17.8. The number of fused-ring (bicyclic) bond motifs is 1. The Hall–Kier alpha value is -3.48. The van der Waals surface area contributed by atoms with Gasteiger partial charge in [-0.2, -0.15) is 9.78 Å². The lowest BCUT2D eigenvalue weighted by Crippen LogP contribution is -2.28. The third-order valence-corrected chi connectivity index (χ3v) is 3.61. The fourth-order valence-corrected chi connectivity index (χ4v) is 2.36. The van der Waals surface area contributed by atoms with Crippen molar-refractivity contribution in [2.45, 2.75) is 0 Å². The Balaban J connectivity index is 2.14. The molecule has 0 spiro atoms. The van der Waals surface area contributed by atoms with E-state index in [0.717, 1.165) is 4.68 Å². The molecule has 0 fully saturated rings. The molecule has 0 aliphatic heterocycles. The van der Waals surface area contributed by atoms with Gasteiger partial charge in [0.05, 0.1) is 11.1 Å². The van der Waals surface area contributed by atoms with E-state index < -0.39 is 18.5 Å². The number of nitrogens with one attached hydrogen (secondary N) is 1.